The van der Waals surface area contributed by atoms with E-state index in [0.717, 1.165) is 22.8 Å². The number of ether oxygens (including phenoxy) is 2. The van der Waals surface area contributed by atoms with E-state index in [1.807, 2.05) is 32.0 Å². The van der Waals surface area contributed by atoms with Crippen LogP contribution in [0.1, 0.15) is 34.0 Å². The Bertz CT molecular complexity index is 925. The highest BCUT2D eigenvalue weighted by Crippen LogP contribution is 2.28. The van der Waals surface area contributed by atoms with Gasteiger partial charge in [-0.1, -0.05) is 23.8 Å². The van der Waals surface area contributed by atoms with Crippen LogP contribution in [0.25, 0.3) is 0 Å². The van der Waals surface area contributed by atoms with Gasteiger partial charge in [0.2, 0.25) is 0 Å². The molecule has 0 aliphatic rings. The number of carbonyl (C=O) groups is 2. The summed E-state index contributed by atoms with van der Waals surface area (Å²) in [5.41, 5.74) is 2.85. The van der Waals surface area contributed by atoms with Crippen LogP contribution in [-0.4, -0.2) is 42.0 Å². The van der Waals surface area contributed by atoms with Gasteiger partial charge in [-0.05, 0) is 44.0 Å². The summed E-state index contributed by atoms with van der Waals surface area (Å²) in [6.07, 6.45) is 0. The van der Waals surface area contributed by atoms with Crippen LogP contribution in [0.3, 0.4) is 0 Å². The number of rotatable bonds is 8. The topological polar surface area (TPSA) is 99.0 Å². The number of hydrogen-bond donors (Lipinski definition) is 0. The third-order valence-electron chi connectivity index (χ3n) is 4.35. The van der Waals surface area contributed by atoms with Crippen LogP contribution < -0.4 is 4.74 Å². The lowest BCUT2D eigenvalue weighted by Gasteiger charge is -2.18. The first-order chi connectivity index (χ1) is 13.7. The molecule has 29 heavy (non-hydrogen) atoms. The Morgan fingerprint density at radius 3 is 2.48 bits per heavy atom. The number of esters is 1. The smallest absolute Gasteiger partial charge is 0.338 e. The molecule has 2 aromatic carbocycles. The third-order valence-corrected chi connectivity index (χ3v) is 4.35. The summed E-state index contributed by atoms with van der Waals surface area (Å²) in [6.45, 7) is 5.85. The zero-order chi connectivity index (χ0) is 21.6. The Morgan fingerprint density at radius 1 is 1.14 bits per heavy atom. The first-order valence-electron chi connectivity index (χ1n) is 9.11. The minimum absolute atomic E-state index is 0.0232. The molecule has 0 radical (unpaired) electrons. The molecule has 0 saturated heterocycles. The lowest BCUT2D eigenvalue weighted by molar-refractivity contribution is -0.385. The predicted molar refractivity (Wildman–Crippen MR) is 107 cm³/mol. The third kappa shape index (κ3) is 5.78. The molecule has 0 spiro atoms. The standard InChI is InChI=1S/C21H24N2O6/c1-5-28-19-9-8-16(11-18(19)23(26)27)21(25)29-13-20(24)22(4)12-17-7-6-14(2)10-15(17)3/h6-11H,5,12-13H2,1-4H3. The maximum absolute atomic E-state index is 12.3. The van der Waals surface area contributed by atoms with Gasteiger partial charge in [-0.3, -0.25) is 14.9 Å². The van der Waals surface area contributed by atoms with Crippen molar-refractivity contribution in [1.82, 2.24) is 4.90 Å². The average molecular weight is 400 g/mol. The van der Waals surface area contributed by atoms with Gasteiger partial charge < -0.3 is 14.4 Å². The number of carbonyl (C=O) groups excluding carboxylic acids is 2. The molecule has 2 aromatic rings. The average Bonchev–Trinajstić information content (AvgIpc) is 2.68. The van der Waals surface area contributed by atoms with E-state index in [1.54, 1.807) is 14.0 Å². The highest BCUT2D eigenvalue weighted by atomic mass is 16.6. The summed E-state index contributed by atoms with van der Waals surface area (Å²) in [7, 11) is 1.62. The number of likely N-dealkylation sites (N-methyl/N-ethyl adjacent to an activating group) is 1. The van der Waals surface area contributed by atoms with Gasteiger partial charge in [-0.25, -0.2) is 4.79 Å². The quantitative estimate of drug-likeness (QED) is 0.382. The van der Waals surface area contributed by atoms with E-state index in [9.17, 15) is 19.7 Å². The van der Waals surface area contributed by atoms with Gasteiger partial charge in [0.05, 0.1) is 17.1 Å². The maximum atomic E-state index is 12.3. The Hall–Kier alpha value is -3.42. The first-order valence-corrected chi connectivity index (χ1v) is 9.11. The predicted octanol–water partition coefficient (Wildman–Crippen LogP) is 3.43. The summed E-state index contributed by atoms with van der Waals surface area (Å²) in [5.74, 6) is -1.12. The van der Waals surface area contributed by atoms with Crippen molar-refractivity contribution in [3.63, 3.8) is 0 Å². The van der Waals surface area contributed by atoms with Crippen molar-refractivity contribution in [3.05, 3.63) is 68.8 Å². The second-order valence-electron chi connectivity index (χ2n) is 6.63. The van der Waals surface area contributed by atoms with E-state index >= 15 is 0 Å². The lowest BCUT2D eigenvalue weighted by Crippen LogP contribution is -2.31. The van der Waals surface area contributed by atoms with E-state index < -0.39 is 17.5 Å². The Labute approximate surface area is 169 Å². The molecule has 154 valence electrons. The molecule has 1 amide bonds. The lowest BCUT2D eigenvalue weighted by atomic mass is 10.1. The van der Waals surface area contributed by atoms with Crippen molar-refractivity contribution in [2.45, 2.75) is 27.3 Å². The van der Waals surface area contributed by atoms with Crippen LogP contribution in [0.2, 0.25) is 0 Å². The van der Waals surface area contributed by atoms with Crippen LogP contribution in [0.15, 0.2) is 36.4 Å². The molecule has 0 aliphatic heterocycles. The summed E-state index contributed by atoms with van der Waals surface area (Å²) in [4.78, 5) is 36.5. The van der Waals surface area contributed by atoms with E-state index in [-0.39, 0.29) is 29.5 Å². The van der Waals surface area contributed by atoms with Crippen LogP contribution in [0.5, 0.6) is 5.75 Å². The van der Waals surface area contributed by atoms with Crippen LogP contribution in [-0.2, 0) is 16.1 Å². The van der Waals surface area contributed by atoms with Crippen molar-refractivity contribution in [2.24, 2.45) is 0 Å². The molecule has 8 nitrogen and oxygen atoms in total. The van der Waals surface area contributed by atoms with Gasteiger partial charge in [0, 0.05) is 19.7 Å². The Balaban J connectivity index is 1.99. The van der Waals surface area contributed by atoms with E-state index in [4.69, 9.17) is 9.47 Å². The van der Waals surface area contributed by atoms with Gasteiger partial charge in [-0.2, -0.15) is 0 Å². The number of nitro groups is 1. The van der Waals surface area contributed by atoms with Crippen molar-refractivity contribution >= 4 is 17.6 Å². The molecule has 0 unspecified atom stereocenters. The molecule has 0 aromatic heterocycles. The molecule has 8 heteroatoms. The van der Waals surface area contributed by atoms with E-state index in [2.05, 4.69) is 0 Å². The number of nitro benzene ring substituents is 1. The number of aryl methyl sites for hydroxylation is 2. The van der Waals surface area contributed by atoms with Crippen molar-refractivity contribution in [1.29, 1.82) is 0 Å². The van der Waals surface area contributed by atoms with Crippen molar-refractivity contribution in [3.8, 4) is 5.75 Å². The number of amides is 1. The fourth-order valence-electron chi connectivity index (χ4n) is 2.75. The maximum Gasteiger partial charge on any atom is 0.338 e. The van der Waals surface area contributed by atoms with Crippen molar-refractivity contribution in [2.75, 3.05) is 20.3 Å². The monoisotopic (exact) mass is 400 g/mol. The summed E-state index contributed by atoms with van der Waals surface area (Å²) >= 11 is 0. The van der Waals surface area contributed by atoms with E-state index in [1.165, 1.54) is 17.0 Å². The summed E-state index contributed by atoms with van der Waals surface area (Å²) in [6, 6.07) is 9.75. The molecule has 0 bridgehead atoms. The minimum Gasteiger partial charge on any atom is -0.487 e. The normalized spacial score (nSPS) is 10.3. The SMILES string of the molecule is CCOc1ccc(C(=O)OCC(=O)N(C)Cc2ccc(C)cc2C)cc1[N+](=O)[O-]. The molecule has 0 fully saturated rings. The molecular weight excluding hydrogens is 376 g/mol. The van der Waals surface area contributed by atoms with Crippen LogP contribution in [0, 0.1) is 24.0 Å². The van der Waals surface area contributed by atoms with Crippen LogP contribution >= 0.6 is 0 Å². The highest BCUT2D eigenvalue weighted by molar-refractivity contribution is 5.92. The summed E-state index contributed by atoms with van der Waals surface area (Å²) < 4.78 is 10.2. The molecule has 2 rings (SSSR count). The second kappa shape index (κ2) is 9.68. The Morgan fingerprint density at radius 2 is 1.86 bits per heavy atom. The number of nitrogens with zero attached hydrogens (tertiary/aromatic N) is 2. The molecule has 0 aliphatic carbocycles. The molecule has 0 saturated carbocycles. The van der Waals surface area contributed by atoms with Crippen molar-refractivity contribution < 1.29 is 24.0 Å². The first kappa shape index (κ1) is 21.9. The minimum atomic E-state index is -0.815. The molecule has 0 heterocycles. The van der Waals surface area contributed by atoms with Gasteiger partial charge in [0.25, 0.3) is 5.91 Å². The van der Waals surface area contributed by atoms with Gasteiger partial charge in [0.15, 0.2) is 12.4 Å². The fourth-order valence-corrected chi connectivity index (χ4v) is 2.75. The van der Waals surface area contributed by atoms with Crippen LogP contribution in [0.4, 0.5) is 5.69 Å². The largest absolute Gasteiger partial charge is 0.487 e. The van der Waals surface area contributed by atoms with Gasteiger partial charge in [-0.15, -0.1) is 0 Å². The zero-order valence-electron chi connectivity index (χ0n) is 16.9. The second-order valence-corrected chi connectivity index (χ2v) is 6.63. The molecule has 0 N–H and O–H groups in total. The molecule has 0 atom stereocenters. The summed E-state index contributed by atoms with van der Waals surface area (Å²) in [5, 5.41) is 11.2. The number of hydrogen-bond acceptors (Lipinski definition) is 6. The molecular formula is C21H24N2O6. The van der Waals surface area contributed by atoms with Gasteiger partial charge >= 0.3 is 11.7 Å². The highest BCUT2D eigenvalue weighted by Gasteiger charge is 2.20. The van der Waals surface area contributed by atoms with Gasteiger partial charge in [0.1, 0.15) is 0 Å². The number of benzene rings is 2. The van der Waals surface area contributed by atoms with E-state index in [0.29, 0.717) is 6.54 Å². The Kier molecular flexibility index (Phi) is 7.30. The fraction of sp³-hybridized carbons (Fsp3) is 0.333. The zero-order valence-corrected chi connectivity index (χ0v) is 16.9.